The number of benzene rings is 2. The van der Waals surface area contributed by atoms with E-state index in [0.29, 0.717) is 37.9 Å². The second-order valence-electron chi connectivity index (χ2n) is 11.8. The van der Waals surface area contributed by atoms with Crippen molar-refractivity contribution in [1.29, 1.82) is 0 Å². The maximum absolute atomic E-state index is 13.9. The van der Waals surface area contributed by atoms with Gasteiger partial charge < -0.3 is 25.4 Å². The lowest BCUT2D eigenvalue weighted by Gasteiger charge is -2.45. The minimum Gasteiger partial charge on any atom is -0.548 e. The molecule has 1 atom stereocenters. The Morgan fingerprint density at radius 3 is 2.16 bits per heavy atom. The number of carboxylic acids is 1. The van der Waals surface area contributed by atoms with Crippen molar-refractivity contribution in [3.63, 3.8) is 0 Å². The van der Waals surface area contributed by atoms with Crippen molar-refractivity contribution in [2.75, 3.05) is 29.9 Å². The second kappa shape index (κ2) is 13.0. The number of halogens is 3. The molecule has 1 aromatic heterocycles. The van der Waals surface area contributed by atoms with Gasteiger partial charge in [0, 0.05) is 49.3 Å². The molecule has 0 unspecified atom stereocenters. The lowest BCUT2D eigenvalue weighted by molar-refractivity contribution is -0.317. The van der Waals surface area contributed by atoms with E-state index < -0.39 is 51.1 Å². The van der Waals surface area contributed by atoms with Gasteiger partial charge >= 0.3 is 6.18 Å². The Labute approximate surface area is 259 Å². The van der Waals surface area contributed by atoms with Crippen LogP contribution < -0.4 is 25.4 Å². The fourth-order valence-electron chi connectivity index (χ4n) is 5.00. The summed E-state index contributed by atoms with van der Waals surface area (Å²) in [5, 5.41) is 18.1. The fourth-order valence-corrected chi connectivity index (χ4v) is 6.56. The molecule has 2 heterocycles. The first-order valence-corrected chi connectivity index (χ1v) is 15.6. The summed E-state index contributed by atoms with van der Waals surface area (Å²) in [6.07, 6.45) is -0.456. The number of hydrogen-bond donors (Lipinski definition) is 3. The summed E-state index contributed by atoms with van der Waals surface area (Å²) in [6.45, 7) is 4.26. The number of rotatable bonds is 10. The summed E-state index contributed by atoms with van der Waals surface area (Å²) in [5.74, 6) is -2.39. The van der Waals surface area contributed by atoms with E-state index in [9.17, 15) is 36.3 Å². The molecule has 0 aliphatic carbocycles. The molecule has 1 aliphatic rings. The van der Waals surface area contributed by atoms with E-state index in [1.165, 1.54) is 51.1 Å². The highest BCUT2D eigenvalue weighted by Gasteiger charge is 2.47. The summed E-state index contributed by atoms with van der Waals surface area (Å²) in [6, 6.07) is 11.6. The van der Waals surface area contributed by atoms with E-state index in [2.05, 4.69) is 25.3 Å². The molecule has 0 radical (unpaired) electrons. The van der Waals surface area contributed by atoms with E-state index in [1.54, 1.807) is 29.4 Å². The van der Waals surface area contributed by atoms with Crippen LogP contribution in [-0.4, -0.2) is 61.5 Å². The zero-order valence-corrected chi connectivity index (χ0v) is 25.7. The van der Waals surface area contributed by atoms with Crippen LogP contribution in [0.4, 0.5) is 24.8 Å². The van der Waals surface area contributed by atoms with E-state index >= 15 is 0 Å². The molecule has 0 saturated carbocycles. The number of carbonyl (C=O) groups is 2. The van der Waals surface area contributed by atoms with Crippen LogP contribution in [0.15, 0.2) is 71.9 Å². The molecule has 242 valence electrons. The SMILES string of the molecule is CC(C)(C)[C@@](CNC(=O)c1cc(N2CCC(Nc3ncccn3)CC2)cc(C(F)(F)F)c1)(NS(=O)(=O)c1ccccc1)C(=O)[O-]. The van der Waals surface area contributed by atoms with E-state index in [0.717, 1.165) is 6.07 Å². The van der Waals surface area contributed by atoms with Crippen LogP contribution in [0.1, 0.15) is 49.5 Å². The maximum atomic E-state index is 13.9. The third kappa shape index (κ3) is 7.89. The smallest absolute Gasteiger partial charge is 0.416 e. The zero-order chi connectivity index (χ0) is 33.0. The number of carboxylic acid groups (broad SMARTS) is 1. The number of nitrogens with one attached hydrogen (secondary N) is 3. The first kappa shape index (κ1) is 33.6. The maximum Gasteiger partial charge on any atom is 0.416 e. The van der Waals surface area contributed by atoms with Gasteiger partial charge in [-0.15, -0.1) is 0 Å². The van der Waals surface area contributed by atoms with Crippen LogP contribution in [0.2, 0.25) is 0 Å². The van der Waals surface area contributed by atoms with Gasteiger partial charge in [0.15, 0.2) is 0 Å². The molecular weight excluding hydrogens is 613 g/mol. The number of piperidine rings is 1. The van der Waals surface area contributed by atoms with Crippen LogP contribution in [0.5, 0.6) is 0 Å². The van der Waals surface area contributed by atoms with Crippen molar-refractivity contribution >= 4 is 33.5 Å². The Kier molecular flexibility index (Phi) is 9.73. The number of aliphatic carboxylic acids is 1. The van der Waals surface area contributed by atoms with Crippen molar-refractivity contribution in [1.82, 2.24) is 20.0 Å². The molecule has 1 fully saturated rings. The Morgan fingerprint density at radius 1 is 0.978 bits per heavy atom. The van der Waals surface area contributed by atoms with Gasteiger partial charge in [-0.05, 0) is 54.7 Å². The average Bonchev–Trinajstić information content (AvgIpc) is 2.99. The summed E-state index contributed by atoms with van der Waals surface area (Å²) >= 11 is 0. The summed E-state index contributed by atoms with van der Waals surface area (Å²) < 4.78 is 70.3. The molecular formula is C30H34F3N6O5S-. The Bertz CT molecular complexity index is 1610. The normalized spacial score (nSPS) is 16.1. The highest BCUT2D eigenvalue weighted by molar-refractivity contribution is 7.89. The van der Waals surface area contributed by atoms with Crippen LogP contribution >= 0.6 is 0 Å². The standard InChI is InChI=1S/C30H35F3N6O5S/c1-28(2,3)29(26(41)42,38-45(43,44)24-8-5-4-6-9-24)19-36-25(40)20-16-21(30(31,32)33)18-23(17-20)39-14-10-22(11-15-39)37-27-34-12-7-13-35-27/h4-9,12-13,16-18,22,38H,10-11,14-15,19H2,1-3H3,(H,36,40)(H,41,42)(H,34,35,37)/p-1/t29-/m0/s1. The lowest BCUT2D eigenvalue weighted by Crippen LogP contribution is -2.71. The molecule has 1 saturated heterocycles. The van der Waals surface area contributed by atoms with Crippen LogP contribution in [0.3, 0.4) is 0 Å². The van der Waals surface area contributed by atoms with Gasteiger partial charge in [-0.2, -0.15) is 17.9 Å². The van der Waals surface area contributed by atoms with Crippen LogP contribution in [-0.2, 0) is 21.0 Å². The van der Waals surface area contributed by atoms with Gasteiger partial charge in [-0.25, -0.2) is 18.4 Å². The van der Waals surface area contributed by atoms with Crippen molar-refractivity contribution in [2.24, 2.45) is 5.41 Å². The Morgan fingerprint density at radius 2 is 1.60 bits per heavy atom. The molecule has 1 amide bonds. The predicted octanol–water partition coefficient (Wildman–Crippen LogP) is 2.82. The number of nitrogens with zero attached hydrogens (tertiary/aromatic N) is 3. The number of hydrogen-bond acceptors (Lipinski definition) is 9. The highest BCUT2D eigenvalue weighted by Crippen LogP contribution is 2.35. The van der Waals surface area contributed by atoms with Gasteiger partial charge in [-0.1, -0.05) is 39.0 Å². The molecule has 11 nitrogen and oxygen atoms in total. The predicted molar refractivity (Wildman–Crippen MR) is 159 cm³/mol. The van der Waals surface area contributed by atoms with Gasteiger partial charge in [0.05, 0.1) is 22.0 Å². The second-order valence-corrected chi connectivity index (χ2v) is 13.5. The van der Waals surface area contributed by atoms with Gasteiger partial charge in [0.1, 0.15) is 0 Å². The van der Waals surface area contributed by atoms with Crippen molar-refractivity contribution < 1.29 is 36.3 Å². The number of carbonyl (C=O) groups excluding carboxylic acids is 2. The third-order valence-corrected chi connectivity index (χ3v) is 9.28. The number of aromatic nitrogens is 2. The number of sulfonamides is 1. The summed E-state index contributed by atoms with van der Waals surface area (Å²) in [4.78, 5) is 35.7. The van der Waals surface area contributed by atoms with Gasteiger partial charge in [0.2, 0.25) is 16.0 Å². The van der Waals surface area contributed by atoms with Crippen LogP contribution in [0.25, 0.3) is 0 Å². The molecule has 45 heavy (non-hydrogen) atoms. The highest BCUT2D eigenvalue weighted by atomic mass is 32.2. The first-order chi connectivity index (χ1) is 21.0. The molecule has 0 bridgehead atoms. The summed E-state index contributed by atoms with van der Waals surface area (Å²) in [7, 11) is -4.42. The van der Waals surface area contributed by atoms with Crippen molar-refractivity contribution in [3.8, 4) is 0 Å². The van der Waals surface area contributed by atoms with E-state index in [-0.39, 0.29) is 22.2 Å². The lowest BCUT2D eigenvalue weighted by atomic mass is 9.74. The Balaban J connectivity index is 1.57. The molecule has 0 spiro atoms. The Hall–Kier alpha value is -4.24. The third-order valence-electron chi connectivity index (χ3n) is 7.77. The number of amides is 1. The topological polar surface area (TPSA) is 156 Å². The molecule has 3 aromatic rings. The molecule has 1 aliphatic heterocycles. The zero-order valence-electron chi connectivity index (χ0n) is 24.9. The molecule has 15 heteroatoms. The monoisotopic (exact) mass is 647 g/mol. The summed E-state index contributed by atoms with van der Waals surface area (Å²) in [5.41, 5.74) is -5.00. The minimum atomic E-state index is -4.78. The minimum absolute atomic E-state index is 0.00738. The number of alkyl halides is 3. The fraction of sp³-hybridized carbons (Fsp3) is 0.400. The van der Waals surface area contributed by atoms with E-state index in [1.807, 2.05) is 0 Å². The molecule has 4 rings (SSSR count). The quantitative estimate of drug-likeness (QED) is 0.301. The largest absolute Gasteiger partial charge is 0.548 e. The van der Waals surface area contributed by atoms with Crippen molar-refractivity contribution in [3.05, 3.63) is 78.1 Å². The average molecular weight is 648 g/mol. The van der Waals surface area contributed by atoms with Gasteiger partial charge in [0.25, 0.3) is 5.91 Å². The number of anilines is 2. The first-order valence-electron chi connectivity index (χ1n) is 14.1. The van der Waals surface area contributed by atoms with E-state index in [4.69, 9.17) is 0 Å². The van der Waals surface area contributed by atoms with Crippen LogP contribution in [0, 0.1) is 5.41 Å². The van der Waals surface area contributed by atoms with Crippen molar-refractivity contribution in [2.45, 2.75) is 56.3 Å². The van der Waals surface area contributed by atoms with Gasteiger partial charge in [-0.3, -0.25) is 4.79 Å². The molecule has 2 aromatic carbocycles. The molecule has 3 N–H and O–H groups in total.